The fourth-order valence-corrected chi connectivity index (χ4v) is 3.44. The van der Waals surface area contributed by atoms with Crippen LogP contribution in [0.3, 0.4) is 0 Å². The maximum Gasteiger partial charge on any atom is 0.320 e. The fraction of sp³-hybridized carbons (Fsp3) is 0.833. The van der Waals surface area contributed by atoms with Crippen LogP contribution in [-0.2, 0) is 9.53 Å². The van der Waals surface area contributed by atoms with Gasteiger partial charge in [-0.2, -0.15) is 11.8 Å². The number of carbonyl (C=O) groups excluding carboxylic acids is 1. The molecule has 2 aliphatic heterocycles. The molecule has 2 unspecified atom stereocenters. The summed E-state index contributed by atoms with van der Waals surface area (Å²) >= 11 is 1.84. The number of amides is 2. The molecule has 1 N–H and O–H groups in total. The highest BCUT2D eigenvalue weighted by Crippen LogP contribution is 2.22. The van der Waals surface area contributed by atoms with E-state index in [0.717, 1.165) is 24.6 Å². The Kier molecular flexibility index (Phi) is 4.93. The monoisotopic (exact) mass is 288 g/mol. The first-order chi connectivity index (χ1) is 9.15. The van der Waals surface area contributed by atoms with E-state index in [1.165, 1.54) is 0 Å². The van der Waals surface area contributed by atoms with E-state index >= 15 is 0 Å². The summed E-state index contributed by atoms with van der Waals surface area (Å²) in [6.07, 6.45) is 0. The molecule has 0 aromatic carbocycles. The Morgan fingerprint density at radius 2 is 2.05 bits per heavy atom. The fourth-order valence-electron chi connectivity index (χ4n) is 2.53. The summed E-state index contributed by atoms with van der Waals surface area (Å²) < 4.78 is 5.25. The summed E-state index contributed by atoms with van der Waals surface area (Å²) in [6.45, 7) is 4.39. The lowest BCUT2D eigenvalue weighted by molar-refractivity contribution is -0.142. The van der Waals surface area contributed by atoms with Gasteiger partial charge in [0.2, 0.25) is 0 Å². The van der Waals surface area contributed by atoms with Crippen molar-refractivity contribution in [1.29, 1.82) is 0 Å². The Balaban J connectivity index is 2.05. The number of aliphatic carboxylic acids is 1. The van der Waals surface area contributed by atoms with Gasteiger partial charge in [-0.3, -0.25) is 4.79 Å². The number of hydrogen-bond acceptors (Lipinski definition) is 4. The molecule has 2 rings (SSSR count). The molecule has 0 radical (unpaired) electrons. The second kappa shape index (κ2) is 6.47. The lowest BCUT2D eigenvalue weighted by Crippen LogP contribution is -2.53. The molecule has 0 aliphatic carbocycles. The van der Waals surface area contributed by atoms with Gasteiger partial charge >= 0.3 is 12.0 Å². The first-order valence-corrected chi connectivity index (χ1v) is 7.74. The standard InChI is InChI=1S/C12H20N2O4S/c1-2-14(10-8-18-7-9(10)11(15)16)12(17)13-3-5-19-6-4-13/h9-10H,2-8H2,1H3,(H,15,16). The van der Waals surface area contributed by atoms with Crippen LogP contribution >= 0.6 is 11.8 Å². The van der Waals surface area contributed by atoms with Gasteiger partial charge in [-0.25, -0.2) is 4.79 Å². The molecule has 0 bridgehead atoms. The van der Waals surface area contributed by atoms with Gasteiger partial charge in [-0.15, -0.1) is 0 Å². The third kappa shape index (κ3) is 3.14. The molecule has 2 atom stereocenters. The highest BCUT2D eigenvalue weighted by molar-refractivity contribution is 7.99. The number of thioether (sulfide) groups is 1. The van der Waals surface area contributed by atoms with Crippen molar-refractivity contribution in [2.45, 2.75) is 13.0 Å². The Morgan fingerprint density at radius 1 is 1.37 bits per heavy atom. The van der Waals surface area contributed by atoms with E-state index in [0.29, 0.717) is 13.2 Å². The number of hydrogen-bond donors (Lipinski definition) is 1. The number of carboxylic acids is 1. The van der Waals surface area contributed by atoms with Crippen molar-refractivity contribution < 1.29 is 19.4 Å². The van der Waals surface area contributed by atoms with Crippen molar-refractivity contribution >= 4 is 23.8 Å². The number of nitrogens with zero attached hydrogens (tertiary/aromatic N) is 2. The normalized spacial score (nSPS) is 27.3. The predicted molar refractivity (Wildman–Crippen MR) is 72.4 cm³/mol. The molecule has 0 aromatic heterocycles. The van der Waals surface area contributed by atoms with Crippen LogP contribution in [0, 0.1) is 5.92 Å². The quantitative estimate of drug-likeness (QED) is 0.822. The van der Waals surface area contributed by atoms with Crippen molar-refractivity contribution in [1.82, 2.24) is 9.80 Å². The SMILES string of the molecule is CCN(C(=O)N1CCSCC1)C1COCC1C(=O)O. The van der Waals surface area contributed by atoms with Crippen LogP contribution in [0.15, 0.2) is 0 Å². The number of urea groups is 1. The number of likely N-dealkylation sites (N-methyl/N-ethyl adjacent to an activating group) is 1. The predicted octanol–water partition coefficient (Wildman–Crippen LogP) is 0.577. The van der Waals surface area contributed by atoms with Gasteiger partial charge in [0.05, 0.1) is 19.3 Å². The third-order valence-corrected chi connectivity index (χ3v) is 4.58. The molecular weight excluding hydrogens is 268 g/mol. The molecular formula is C12H20N2O4S. The zero-order valence-corrected chi connectivity index (χ0v) is 11.9. The number of carboxylic acid groups (broad SMARTS) is 1. The van der Waals surface area contributed by atoms with Crippen molar-refractivity contribution in [2.75, 3.05) is 44.4 Å². The summed E-state index contributed by atoms with van der Waals surface area (Å²) in [5.74, 6) is 0.408. The summed E-state index contributed by atoms with van der Waals surface area (Å²) in [4.78, 5) is 27.1. The highest BCUT2D eigenvalue weighted by Gasteiger charge is 2.40. The van der Waals surface area contributed by atoms with Crippen molar-refractivity contribution in [2.24, 2.45) is 5.92 Å². The lowest BCUT2D eigenvalue weighted by Gasteiger charge is -2.36. The molecule has 0 saturated carbocycles. The van der Waals surface area contributed by atoms with Crippen LogP contribution in [0.1, 0.15) is 6.92 Å². The van der Waals surface area contributed by atoms with Gasteiger partial charge in [0.25, 0.3) is 0 Å². The molecule has 2 amide bonds. The minimum absolute atomic E-state index is 0.0513. The van der Waals surface area contributed by atoms with Crippen molar-refractivity contribution in [3.63, 3.8) is 0 Å². The molecule has 0 spiro atoms. The number of ether oxygens (including phenoxy) is 1. The van der Waals surface area contributed by atoms with Crippen LogP contribution < -0.4 is 0 Å². The maximum atomic E-state index is 12.5. The molecule has 2 heterocycles. The number of rotatable bonds is 3. The van der Waals surface area contributed by atoms with E-state index in [9.17, 15) is 14.7 Å². The Labute approximate surface area is 117 Å². The van der Waals surface area contributed by atoms with Crippen molar-refractivity contribution in [3.8, 4) is 0 Å². The zero-order valence-electron chi connectivity index (χ0n) is 11.1. The van der Waals surface area contributed by atoms with E-state index in [1.54, 1.807) is 4.90 Å². The second-order valence-electron chi connectivity index (χ2n) is 4.72. The molecule has 2 saturated heterocycles. The Hall–Kier alpha value is -0.950. The van der Waals surface area contributed by atoms with Gasteiger partial charge in [0.1, 0.15) is 5.92 Å². The topological polar surface area (TPSA) is 70.1 Å². The molecule has 19 heavy (non-hydrogen) atoms. The molecule has 7 heteroatoms. The molecule has 0 aromatic rings. The molecule has 108 valence electrons. The minimum atomic E-state index is -0.886. The average molecular weight is 288 g/mol. The zero-order chi connectivity index (χ0) is 13.8. The summed E-state index contributed by atoms with van der Waals surface area (Å²) in [7, 11) is 0. The number of carbonyl (C=O) groups is 2. The lowest BCUT2D eigenvalue weighted by atomic mass is 10.0. The van der Waals surface area contributed by atoms with E-state index in [4.69, 9.17) is 4.74 Å². The van der Waals surface area contributed by atoms with Gasteiger partial charge in [0.15, 0.2) is 0 Å². The summed E-state index contributed by atoms with van der Waals surface area (Å²) in [6, 6.07) is -0.394. The van der Waals surface area contributed by atoms with Crippen LogP contribution in [-0.4, -0.2) is 77.3 Å². The van der Waals surface area contributed by atoms with Crippen molar-refractivity contribution in [3.05, 3.63) is 0 Å². The smallest absolute Gasteiger partial charge is 0.320 e. The van der Waals surface area contributed by atoms with E-state index in [-0.39, 0.29) is 18.7 Å². The highest BCUT2D eigenvalue weighted by atomic mass is 32.2. The maximum absolute atomic E-state index is 12.5. The first kappa shape index (κ1) is 14.5. The molecule has 2 fully saturated rings. The Bertz CT molecular complexity index is 347. The van der Waals surface area contributed by atoms with Gasteiger partial charge < -0.3 is 19.6 Å². The molecule has 6 nitrogen and oxygen atoms in total. The Morgan fingerprint density at radius 3 is 2.63 bits per heavy atom. The van der Waals surface area contributed by atoms with Crippen LogP contribution in [0.5, 0.6) is 0 Å². The van der Waals surface area contributed by atoms with E-state index in [1.807, 2.05) is 23.6 Å². The van der Waals surface area contributed by atoms with Gasteiger partial charge in [-0.05, 0) is 6.92 Å². The van der Waals surface area contributed by atoms with Crippen LogP contribution in [0.4, 0.5) is 4.79 Å². The third-order valence-electron chi connectivity index (χ3n) is 3.64. The average Bonchev–Trinajstić information content (AvgIpc) is 2.90. The van der Waals surface area contributed by atoms with Gasteiger partial charge in [-0.1, -0.05) is 0 Å². The first-order valence-electron chi connectivity index (χ1n) is 6.59. The van der Waals surface area contributed by atoms with E-state index < -0.39 is 11.9 Å². The van der Waals surface area contributed by atoms with Crippen LogP contribution in [0.25, 0.3) is 0 Å². The van der Waals surface area contributed by atoms with Crippen LogP contribution in [0.2, 0.25) is 0 Å². The van der Waals surface area contributed by atoms with E-state index in [2.05, 4.69) is 0 Å². The van der Waals surface area contributed by atoms with Gasteiger partial charge in [0, 0.05) is 31.1 Å². The summed E-state index contributed by atoms with van der Waals surface area (Å²) in [5.41, 5.74) is 0. The second-order valence-corrected chi connectivity index (χ2v) is 5.94. The minimum Gasteiger partial charge on any atom is -0.481 e. The summed E-state index contributed by atoms with van der Waals surface area (Å²) in [5, 5.41) is 9.19. The largest absolute Gasteiger partial charge is 0.481 e. The molecule has 2 aliphatic rings.